The molecule has 0 saturated carbocycles. The normalized spacial score (nSPS) is 16.1. The maximum atomic E-state index is 9.61. The molecular weight excluding hydrogens is 232 g/mol. The number of aromatic hydroxyl groups is 1. The zero-order valence-electron chi connectivity index (χ0n) is 10.6. The van der Waals surface area contributed by atoms with Crippen LogP contribution in [-0.2, 0) is 6.42 Å². The van der Waals surface area contributed by atoms with Gasteiger partial charge >= 0.3 is 0 Å². The number of hydrogen-bond acceptors (Lipinski definition) is 2. The van der Waals surface area contributed by atoms with E-state index < -0.39 is 6.39 Å². The van der Waals surface area contributed by atoms with Gasteiger partial charge in [0.05, 0.1) is 6.04 Å². The van der Waals surface area contributed by atoms with E-state index in [1.54, 1.807) is 12.1 Å². The van der Waals surface area contributed by atoms with Crippen molar-refractivity contribution < 1.29 is 5.11 Å². The third-order valence-corrected chi connectivity index (χ3v) is 2.86. The van der Waals surface area contributed by atoms with Crippen LogP contribution in [0.15, 0.2) is 23.3 Å². The van der Waals surface area contributed by atoms with Crippen molar-refractivity contribution in [1.82, 2.24) is 0 Å². The number of phenols is 1. The van der Waals surface area contributed by atoms with Gasteiger partial charge in [-0.05, 0) is 42.0 Å². The molecule has 1 aliphatic rings. The first-order chi connectivity index (χ1) is 9.10. The van der Waals surface area contributed by atoms with E-state index >= 15 is 0 Å². The highest BCUT2D eigenvalue weighted by Crippen LogP contribution is 2.36. The highest BCUT2D eigenvalue weighted by Gasteiger charge is 2.20. The Morgan fingerprint density at radius 3 is 2.74 bits per heavy atom. The molecule has 1 atom stereocenters. The van der Waals surface area contributed by atoms with Crippen LogP contribution in [0, 0.1) is 0 Å². The molecule has 0 amide bonds. The summed E-state index contributed by atoms with van der Waals surface area (Å²) in [6.45, 7) is 0. The Labute approximate surface area is 118 Å². The molecule has 2 rings (SSSR count). The average molecular weight is 243 g/mol. The van der Waals surface area contributed by atoms with Crippen LogP contribution in [0.2, 0.25) is 0 Å². The van der Waals surface area contributed by atoms with Gasteiger partial charge in [0.1, 0.15) is 5.75 Å². The topological polar surface area (TPSA) is 69.0 Å². The molecule has 0 aliphatic heterocycles. The van der Waals surface area contributed by atoms with Crippen LogP contribution in [0.4, 0.5) is 0 Å². The minimum Gasteiger partial charge on any atom is -0.508 e. The van der Waals surface area contributed by atoms with E-state index in [2.05, 4.69) is 10.0 Å². The fraction of sp³-hybridized carbons (Fsp3) is 0.400. The number of phenolic OH excluding ortho intramolecular Hbond substituents is 1. The molecule has 0 spiro atoms. The van der Waals surface area contributed by atoms with Gasteiger partial charge < -0.3 is 5.11 Å². The summed E-state index contributed by atoms with van der Waals surface area (Å²) in [7, 11) is 15.8. The number of nitrogens with zero attached hydrogens (tertiary/aromatic N) is 3. The van der Waals surface area contributed by atoms with E-state index in [9.17, 15) is 5.11 Å². The van der Waals surface area contributed by atoms with Gasteiger partial charge in [-0.15, -0.1) is 0 Å². The summed E-state index contributed by atoms with van der Waals surface area (Å²) in [6.07, 6.45) is 2.25. The predicted molar refractivity (Wildman–Crippen MR) is 81.7 cm³/mol. The van der Waals surface area contributed by atoms with Crippen molar-refractivity contribution in [2.45, 2.75) is 25.3 Å². The molecule has 0 aromatic heterocycles. The van der Waals surface area contributed by atoms with Gasteiger partial charge in [0, 0.05) is 41.6 Å². The monoisotopic (exact) mass is 244 g/mol. The van der Waals surface area contributed by atoms with E-state index in [4.69, 9.17) is 28.7 Å². The molecule has 0 saturated heterocycles. The van der Waals surface area contributed by atoms with Gasteiger partial charge in [-0.25, -0.2) is 0 Å². The quantitative estimate of drug-likeness (QED) is 0.360. The molecule has 7 radical (unpaired) electrons. The van der Waals surface area contributed by atoms with Crippen molar-refractivity contribution in [3.63, 3.8) is 0 Å². The molecule has 1 aromatic carbocycles. The molecule has 0 heterocycles. The standard InChI is InChI=1S/C10H11N3O.B5/c11-13-12-9-5-1-4-8-7(9)3-2-6-10(8)14;1-4-5(2)3/h2-3,6,9,14H,1,4-5H2;. The third-order valence-electron chi connectivity index (χ3n) is 2.86. The first-order valence-electron chi connectivity index (χ1n) is 6.01. The molecule has 0 bridgehead atoms. The first kappa shape index (κ1) is 15.7. The molecule has 19 heavy (non-hydrogen) atoms. The van der Waals surface area contributed by atoms with Crippen molar-refractivity contribution in [2.75, 3.05) is 0 Å². The van der Waals surface area contributed by atoms with Gasteiger partial charge in [0.2, 0.25) is 0 Å². The lowest BCUT2D eigenvalue weighted by Crippen LogP contribution is -2.23. The van der Waals surface area contributed by atoms with Crippen LogP contribution in [0.5, 0.6) is 5.75 Å². The zero-order chi connectivity index (χ0) is 14.3. The summed E-state index contributed by atoms with van der Waals surface area (Å²) in [5, 5.41) is 13.3. The fourth-order valence-electron chi connectivity index (χ4n) is 1.99. The Kier molecular flexibility index (Phi) is 6.58. The van der Waals surface area contributed by atoms with E-state index in [-0.39, 0.29) is 6.04 Å². The molecule has 1 aliphatic carbocycles. The van der Waals surface area contributed by atoms with Gasteiger partial charge in [0.15, 0.2) is 0 Å². The van der Waals surface area contributed by atoms with E-state index in [1.807, 2.05) is 6.07 Å². The summed E-state index contributed by atoms with van der Waals surface area (Å²) < 4.78 is 0. The fourth-order valence-corrected chi connectivity index (χ4v) is 1.99. The van der Waals surface area contributed by atoms with Crippen LogP contribution in [0.1, 0.15) is 30.0 Å². The second-order valence-electron chi connectivity index (χ2n) is 4.23. The van der Waals surface area contributed by atoms with Crippen molar-refractivity contribution in [2.24, 2.45) is 5.11 Å². The highest BCUT2D eigenvalue weighted by atomic mass is 16.3. The molecule has 4 nitrogen and oxygen atoms in total. The first-order valence-corrected chi connectivity index (χ1v) is 6.01. The van der Waals surface area contributed by atoms with Crippen LogP contribution < -0.4 is 0 Å². The van der Waals surface area contributed by atoms with E-state index in [1.165, 1.54) is 7.06 Å². The highest BCUT2D eigenvalue weighted by molar-refractivity contribution is 7.60. The second-order valence-corrected chi connectivity index (χ2v) is 4.23. The van der Waals surface area contributed by atoms with Gasteiger partial charge in [-0.3, -0.25) is 0 Å². The van der Waals surface area contributed by atoms with Crippen molar-refractivity contribution in [3.05, 3.63) is 39.8 Å². The Bertz CT molecular complexity index is 464. The largest absolute Gasteiger partial charge is 0.508 e. The van der Waals surface area contributed by atoms with Gasteiger partial charge in [0.25, 0.3) is 0 Å². The minimum atomic E-state index is -0.463. The van der Waals surface area contributed by atoms with Crippen LogP contribution in [0.3, 0.4) is 0 Å². The summed E-state index contributed by atoms with van der Waals surface area (Å²) in [6, 6.07) is 5.29. The van der Waals surface area contributed by atoms with Crippen molar-refractivity contribution >= 4 is 36.7 Å². The molecule has 87 valence electrons. The minimum absolute atomic E-state index is 0.101. The molecule has 9 heteroatoms. The lowest BCUT2D eigenvalue weighted by Gasteiger charge is -2.22. The Balaban J connectivity index is 0.000000312. The average Bonchev–Trinajstić information content (AvgIpc) is 2.41. The zero-order valence-corrected chi connectivity index (χ0v) is 10.6. The lowest BCUT2D eigenvalue weighted by molar-refractivity contribution is 0.455. The predicted octanol–water partition coefficient (Wildman–Crippen LogP) is 1.18. The summed E-state index contributed by atoms with van der Waals surface area (Å²) in [5.41, 5.74) is 10.3. The van der Waals surface area contributed by atoms with Gasteiger partial charge in [-0.1, -0.05) is 17.2 Å². The number of azide groups is 1. The molecule has 1 unspecified atom stereocenters. The number of fused-ring (bicyclic) bond motifs is 1. The van der Waals surface area contributed by atoms with Gasteiger partial charge in [-0.2, -0.15) is 0 Å². The van der Waals surface area contributed by atoms with Crippen LogP contribution in [0.25, 0.3) is 10.4 Å². The Morgan fingerprint density at radius 2 is 2.16 bits per heavy atom. The molecular formula is C10H11B5N3O. The van der Waals surface area contributed by atoms with Crippen LogP contribution >= 0.6 is 0 Å². The number of hydrogen-bond donors (Lipinski definition) is 1. The molecule has 0 fully saturated rings. The molecule has 1 N–H and O–H groups in total. The maximum Gasteiger partial charge on any atom is 0.119 e. The molecule has 1 aromatic rings. The summed E-state index contributed by atoms with van der Waals surface area (Å²) in [5.74, 6) is 0.320. The maximum absolute atomic E-state index is 9.61. The second kappa shape index (κ2) is 7.95. The number of benzene rings is 1. The van der Waals surface area contributed by atoms with Crippen LogP contribution in [-0.4, -0.2) is 41.8 Å². The SMILES string of the molecule is [B][B]B([B])[B].[N-]=[N+]=NC1CCCc2c(O)cccc21. The van der Waals surface area contributed by atoms with Crippen molar-refractivity contribution in [3.8, 4) is 5.75 Å². The lowest BCUT2D eigenvalue weighted by atomic mass is 8.97. The summed E-state index contributed by atoms with van der Waals surface area (Å²) in [4.78, 5) is 2.83. The number of rotatable bonds is 2. The Morgan fingerprint density at radius 1 is 1.47 bits per heavy atom. The van der Waals surface area contributed by atoms with E-state index in [0.717, 1.165) is 30.4 Å². The smallest absolute Gasteiger partial charge is 0.119 e. The summed E-state index contributed by atoms with van der Waals surface area (Å²) >= 11 is 0. The van der Waals surface area contributed by atoms with E-state index in [0.29, 0.717) is 5.75 Å². The third kappa shape index (κ3) is 4.68. The Hall–Kier alpha value is -1.35. The van der Waals surface area contributed by atoms with Crippen molar-refractivity contribution in [1.29, 1.82) is 0 Å².